The van der Waals surface area contributed by atoms with Crippen LogP contribution in [0.5, 0.6) is 0 Å². The Morgan fingerprint density at radius 3 is 2.75 bits per heavy atom. The molecular formula is C12H15ClFNO. The number of hydrogen-bond donors (Lipinski definition) is 1. The molecule has 1 atom stereocenters. The number of ether oxygens (including phenoxy) is 1. The summed E-state index contributed by atoms with van der Waals surface area (Å²) in [5.41, 5.74) is 6.01. The molecule has 1 aliphatic heterocycles. The smallest absolute Gasteiger partial charge is 0.127 e. The van der Waals surface area contributed by atoms with Crippen LogP contribution >= 0.6 is 11.6 Å². The van der Waals surface area contributed by atoms with Gasteiger partial charge in [-0.1, -0.05) is 18.5 Å². The van der Waals surface area contributed by atoms with E-state index in [1.165, 1.54) is 6.07 Å². The molecule has 1 saturated heterocycles. The van der Waals surface area contributed by atoms with Gasteiger partial charge in [-0.3, -0.25) is 0 Å². The quantitative estimate of drug-likeness (QED) is 0.885. The van der Waals surface area contributed by atoms with Crippen molar-refractivity contribution in [2.24, 2.45) is 11.7 Å². The highest BCUT2D eigenvalue weighted by atomic mass is 35.5. The van der Waals surface area contributed by atoms with Crippen molar-refractivity contribution in [2.45, 2.75) is 12.3 Å². The van der Waals surface area contributed by atoms with E-state index in [4.69, 9.17) is 22.1 Å². The molecule has 0 spiro atoms. The first-order chi connectivity index (χ1) is 7.60. The van der Waals surface area contributed by atoms with Gasteiger partial charge in [0.05, 0.1) is 13.2 Å². The van der Waals surface area contributed by atoms with Gasteiger partial charge in [0.1, 0.15) is 5.82 Å². The third-order valence-electron chi connectivity index (χ3n) is 3.48. The number of hydrogen-bond acceptors (Lipinski definition) is 2. The van der Waals surface area contributed by atoms with E-state index in [9.17, 15) is 4.39 Å². The number of benzene rings is 1. The van der Waals surface area contributed by atoms with Gasteiger partial charge in [-0.05, 0) is 30.7 Å². The van der Waals surface area contributed by atoms with Gasteiger partial charge < -0.3 is 10.5 Å². The Hall–Kier alpha value is -0.640. The molecule has 4 heteroatoms. The average molecular weight is 244 g/mol. The minimum Gasteiger partial charge on any atom is -0.379 e. The lowest BCUT2D eigenvalue weighted by Gasteiger charge is -2.46. The van der Waals surface area contributed by atoms with E-state index in [0.29, 0.717) is 30.3 Å². The predicted molar refractivity (Wildman–Crippen MR) is 62.1 cm³/mol. The lowest BCUT2D eigenvalue weighted by molar-refractivity contribution is -0.0869. The molecule has 2 rings (SSSR count). The van der Waals surface area contributed by atoms with Gasteiger partial charge >= 0.3 is 0 Å². The van der Waals surface area contributed by atoms with Crippen molar-refractivity contribution in [1.29, 1.82) is 0 Å². The van der Waals surface area contributed by atoms with Gasteiger partial charge in [0.25, 0.3) is 0 Å². The fraction of sp³-hybridized carbons (Fsp3) is 0.500. The van der Waals surface area contributed by atoms with Crippen LogP contribution < -0.4 is 5.73 Å². The van der Waals surface area contributed by atoms with Crippen LogP contribution in [0.25, 0.3) is 0 Å². The molecule has 2 nitrogen and oxygen atoms in total. The third kappa shape index (κ3) is 1.73. The van der Waals surface area contributed by atoms with Crippen LogP contribution in [0.1, 0.15) is 12.5 Å². The summed E-state index contributed by atoms with van der Waals surface area (Å²) in [6.07, 6.45) is 0. The average Bonchev–Trinajstić information content (AvgIpc) is 2.21. The number of halogens is 2. The third-order valence-corrected chi connectivity index (χ3v) is 3.72. The van der Waals surface area contributed by atoms with E-state index in [-0.39, 0.29) is 17.2 Å². The van der Waals surface area contributed by atoms with Crippen molar-refractivity contribution in [3.05, 3.63) is 34.6 Å². The van der Waals surface area contributed by atoms with Crippen LogP contribution in [0, 0.1) is 11.7 Å². The molecular weight excluding hydrogens is 229 g/mol. The summed E-state index contributed by atoms with van der Waals surface area (Å²) in [6, 6.07) is 4.65. The topological polar surface area (TPSA) is 35.2 Å². The number of rotatable bonds is 3. The standard InChI is InChI=1S/C12H15ClFNO/c1-8(5-15)12(6-16-7-12)10-4-9(13)2-3-11(10)14/h2-4,8H,5-7,15H2,1H3. The summed E-state index contributed by atoms with van der Waals surface area (Å²) in [4.78, 5) is 0. The first kappa shape index (κ1) is 11.8. The summed E-state index contributed by atoms with van der Waals surface area (Å²) in [5.74, 6) is -0.0535. The molecule has 0 bridgehead atoms. The van der Waals surface area contributed by atoms with Gasteiger partial charge in [-0.25, -0.2) is 4.39 Å². The predicted octanol–water partition coefficient (Wildman–Crippen LogP) is 2.34. The normalized spacial score (nSPS) is 20.2. The zero-order chi connectivity index (χ0) is 11.8. The van der Waals surface area contributed by atoms with Crippen molar-refractivity contribution in [2.75, 3.05) is 19.8 Å². The molecule has 0 amide bonds. The van der Waals surface area contributed by atoms with Crippen molar-refractivity contribution < 1.29 is 9.13 Å². The Kier molecular flexibility index (Phi) is 3.19. The van der Waals surface area contributed by atoms with Crippen molar-refractivity contribution in [3.63, 3.8) is 0 Å². The fourth-order valence-corrected chi connectivity index (χ4v) is 2.30. The molecule has 1 fully saturated rings. The van der Waals surface area contributed by atoms with E-state index in [2.05, 4.69) is 0 Å². The minimum atomic E-state index is -0.302. The van der Waals surface area contributed by atoms with E-state index >= 15 is 0 Å². The summed E-state index contributed by atoms with van der Waals surface area (Å²) in [7, 11) is 0. The second-order valence-electron chi connectivity index (χ2n) is 4.41. The molecule has 1 heterocycles. The zero-order valence-electron chi connectivity index (χ0n) is 9.17. The molecule has 1 aromatic rings. The first-order valence-electron chi connectivity index (χ1n) is 5.33. The molecule has 1 aromatic carbocycles. The molecule has 0 saturated carbocycles. The molecule has 16 heavy (non-hydrogen) atoms. The Morgan fingerprint density at radius 2 is 2.25 bits per heavy atom. The van der Waals surface area contributed by atoms with Crippen molar-refractivity contribution in [3.8, 4) is 0 Å². The van der Waals surface area contributed by atoms with E-state index in [0.717, 1.165) is 0 Å². The highest BCUT2D eigenvalue weighted by Crippen LogP contribution is 2.41. The van der Waals surface area contributed by atoms with Crippen molar-refractivity contribution >= 4 is 11.6 Å². The Bertz CT molecular complexity index is 393. The van der Waals surface area contributed by atoms with Gasteiger partial charge in [0.2, 0.25) is 0 Å². The van der Waals surface area contributed by atoms with Gasteiger partial charge in [-0.15, -0.1) is 0 Å². The summed E-state index contributed by atoms with van der Waals surface area (Å²) in [6.45, 7) is 3.56. The molecule has 1 unspecified atom stereocenters. The largest absolute Gasteiger partial charge is 0.379 e. The Balaban J connectivity index is 2.44. The summed E-state index contributed by atoms with van der Waals surface area (Å²) < 4.78 is 19.1. The SMILES string of the molecule is CC(CN)C1(c2cc(Cl)ccc2F)COC1. The van der Waals surface area contributed by atoms with Gasteiger partial charge in [0, 0.05) is 16.0 Å². The van der Waals surface area contributed by atoms with Crippen LogP contribution in [0.15, 0.2) is 18.2 Å². The fourth-order valence-electron chi connectivity index (χ4n) is 2.13. The van der Waals surface area contributed by atoms with Gasteiger partial charge in [0.15, 0.2) is 0 Å². The number of nitrogens with two attached hydrogens (primary N) is 1. The van der Waals surface area contributed by atoms with Gasteiger partial charge in [-0.2, -0.15) is 0 Å². The van der Waals surface area contributed by atoms with Crippen molar-refractivity contribution in [1.82, 2.24) is 0 Å². The van der Waals surface area contributed by atoms with Crippen LogP contribution in [0.3, 0.4) is 0 Å². The molecule has 0 aliphatic carbocycles. The molecule has 0 radical (unpaired) electrons. The van der Waals surface area contributed by atoms with Crippen LogP contribution in [-0.4, -0.2) is 19.8 Å². The lowest BCUT2D eigenvalue weighted by atomic mass is 9.69. The van der Waals surface area contributed by atoms with E-state index in [1.54, 1.807) is 12.1 Å². The van der Waals surface area contributed by atoms with Crippen LogP contribution in [0.2, 0.25) is 5.02 Å². The molecule has 1 aliphatic rings. The second kappa shape index (κ2) is 4.32. The van der Waals surface area contributed by atoms with E-state index in [1.807, 2.05) is 6.92 Å². The van der Waals surface area contributed by atoms with Crippen LogP contribution in [-0.2, 0) is 10.2 Å². The monoisotopic (exact) mass is 243 g/mol. The lowest BCUT2D eigenvalue weighted by Crippen LogP contribution is -2.54. The maximum atomic E-state index is 13.8. The summed E-state index contributed by atoms with van der Waals surface area (Å²) in [5, 5.41) is 0.548. The zero-order valence-corrected chi connectivity index (χ0v) is 9.93. The van der Waals surface area contributed by atoms with Crippen LogP contribution in [0.4, 0.5) is 4.39 Å². The minimum absolute atomic E-state index is 0.175. The highest BCUT2D eigenvalue weighted by molar-refractivity contribution is 6.30. The summed E-state index contributed by atoms with van der Waals surface area (Å²) >= 11 is 5.91. The molecule has 2 N–H and O–H groups in total. The molecule has 88 valence electrons. The Morgan fingerprint density at radius 1 is 1.56 bits per heavy atom. The Labute approximate surface area is 99.5 Å². The maximum absolute atomic E-state index is 13.8. The second-order valence-corrected chi connectivity index (χ2v) is 4.85. The maximum Gasteiger partial charge on any atom is 0.127 e. The first-order valence-corrected chi connectivity index (χ1v) is 5.71. The van der Waals surface area contributed by atoms with E-state index < -0.39 is 0 Å². The highest BCUT2D eigenvalue weighted by Gasteiger charge is 2.46. The molecule has 0 aromatic heterocycles.